The van der Waals surface area contributed by atoms with E-state index in [1.807, 2.05) is 12.1 Å². The van der Waals surface area contributed by atoms with Crippen molar-refractivity contribution in [2.24, 2.45) is 5.92 Å². The molecule has 3 aromatic rings. The molecular weight excluding hydrogens is 402 g/mol. The first-order valence-electron chi connectivity index (χ1n) is 10.1. The van der Waals surface area contributed by atoms with E-state index in [2.05, 4.69) is 26.8 Å². The molecule has 1 aromatic carbocycles. The largest absolute Gasteiger partial charge is 0.507 e. The maximum absolute atomic E-state index is 14.2. The Labute approximate surface area is 178 Å². The van der Waals surface area contributed by atoms with Crippen LogP contribution in [0.1, 0.15) is 18.5 Å². The van der Waals surface area contributed by atoms with Gasteiger partial charge in [0.05, 0.1) is 35.9 Å². The zero-order chi connectivity index (χ0) is 21.8. The van der Waals surface area contributed by atoms with Crippen LogP contribution in [0.25, 0.3) is 27.6 Å². The number of piperidine rings is 1. The number of aromatic nitrogens is 3. The molecule has 2 aliphatic heterocycles. The third-order valence-electron chi connectivity index (χ3n) is 6.43. The fourth-order valence-electron chi connectivity index (χ4n) is 4.82. The van der Waals surface area contributed by atoms with Crippen LogP contribution < -0.4 is 5.32 Å². The number of aromatic hydroxyl groups is 1. The number of benzene rings is 1. The molecule has 0 aliphatic carbocycles. The van der Waals surface area contributed by atoms with Crippen molar-refractivity contribution in [3.8, 4) is 17.0 Å². The first-order chi connectivity index (χ1) is 14.9. The lowest BCUT2D eigenvalue weighted by Gasteiger charge is -2.37. The Bertz CT molecular complexity index is 1150. The van der Waals surface area contributed by atoms with Gasteiger partial charge in [0.2, 0.25) is 0 Å². The van der Waals surface area contributed by atoms with E-state index in [-0.39, 0.29) is 24.5 Å². The summed E-state index contributed by atoms with van der Waals surface area (Å²) in [5, 5.41) is 15.1. The molecule has 6 nitrogen and oxygen atoms in total. The van der Waals surface area contributed by atoms with Crippen molar-refractivity contribution in [3.05, 3.63) is 55.3 Å². The number of hydrogen-bond donors (Lipinski definition) is 2. The number of phenolic OH excluding ortho intramolecular Hbond substituents is 1. The summed E-state index contributed by atoms with van der Waals surface area (Å²) in [5.41, 5.74) is 2.23. The van der Waals surface area contributed by atoms with Gasteiger partial charge in [0.1, 0.15) is 5.75 Å². The van der Waals surface area contributed by atoms with E-state index in [1.165, 1.54) is 7.11 Å². The fraction of sp³-hybridized carbons (Fsp3) is 0.348. The molecule has 0 spiro atoms. The van der Waals surface area contributed by atoms with Crippen LogP contribution in [0.4, 0.5) is 8.78 Å². The number of hydrogen-bond acceptors (Lipinski definition) is 6. The molecule has 4 heterocycles. The summed E-state index contributed by atoms with van der Waals surface area (Å²) in [6.07, 6.45) is 6.09. The van der Waals surface area contributed by atoms with Gasteiger partial charge in [-0.3, -0.25) is 15.0 Å². The summed E-state index contributed by atoms with van der Waals surface area (Å²) in [7, 11) is 1.54. The van der Waals surface area contributed by atoms with Crippen LogP contribution in [0.15, 0.2) is 49.6 Å². The van der Waals surface area contributed by atoms with E-state index in [4.69, 9.17) is 4.74 Å². The Kier molecular flexibility index (Phi) is 4.71. The van der Waals surface area contributed by atoms with E-state index in [0.29, 0.717) is 22.5 Å². The van der Waals surface area contributed by atoms with Crippen LogP contribution in [0.3, 0.4) is 0 Å². The van der Waals surface area contributed by atoms with Gasteiger partial charge in [0.25, 0.3) is 5.92 Å². The zero-order valence-corrected chi connectivity index (χ0v) is 16.9. The molecule has 2 N–H and O–H groups in total. The Morgan fingerprint density at radius 2 is 2.06 bits per heavy atom. The summed E-state index contributed by atoms with van der Waals surface area (Å²) < 4.78 is 34.0. The molecule has 2 aromatic heterocycles. The highest BCUT2D eigenvalue weighted by Gasteiger charge is 2.57. The molecule has 0 unspecified atom stereocenters. The van der Waals surface area contributed by atoms with Gasteiger partial charge in [-0.2, -0.15) is 0 Å². The van der Waals surface area contributed by atoms with Gasteiger partial charge in [-0.15, -0.1) is 0 Å². The SMILES string of the molecule is C=C(c1cnc(-c2cc3ccncc3cc2O)cn1)[C@H]1C[C@H]2N[C@H](CC2(F)F)[C@@H]1OC. The molecule has 0 saturated carbocycles. The van der Waals surface area contributed by atoms with Crippen molar-refractivity contribution in [2.75, 3.05) is 7.11 Å². The van der Waals surface area contributed by atoms with Crippen LogP contribution in [-0.2, 0) is 4.74 Å². The molecular formula is C23H22F2N4O2. The molecule has 4 atom stereocenters. The first kappa shape index (κ1) is 20.0. The van der Waals surface area contributed by atoms with Crippen LogP contribution in [0.2, 0.25) is 0 Å². The van der Waals surface area contributed by atoms with E-state index < -0.39 is 24.1 Å². The van der Waals surface area contributed by atoms with Crippen molar-refractivity contribution in [1.82, 2.24) is 20.3 Å². The third kappa shape index (κ3) is 3.36. The van der Waals surface area contributed by atoms with Crippen LogP contribution in [0, 0.1) is 5.92 Å². The number of phenols is 1. The number of rotatable bonds is 4. The topological polar surface area (TPSA) is 80.2 Å². The predicted octanol–water partition coefficient (Wildman–Crippen LogP) is 3.81. The van der Waals surface area contributed by atoms with Crippen molar-refractivity contribution < 1.29 is 18.6 Å². The predicted molar refractivity (Wildman–Crippen MR) is 113 cm³/mol. The van der Waals surface area contributed by atoms with Gasteiger partial charge < -0.3 is 15.2 Å². The molecule has 160 valence electrons. The minimum atomic E-state index is -2.75. The Hall–Kier alpha value is -2.97. The van der Waals surface area contributed by atoms with E-state index >= 15 is 0 Å². The molecule has 2 saturated heterocycles. The maximum atomic E-state index is 14.2. The van der Waals surface area contributed by atoms with Gasteiger partial charge in [0, 0.05) is 48.8 Å². The summed E-state index contributed by atoms with van der Waals surface area (Å²) >= 11 is 0. The lowest BCUT2D eigenvalue weighted by atomic mass is 9.82. The summed E-state index contributed by atoms with van der Waals surface area (Å²) in [6.45, 7) is 4.14. The van der Waals surface area contributed by atoms with Crippen molar-refractivity contribution in [2.45, 2.75) is 37.0 Å². The van der Waals surface area contributed by atoms with E-state index in [0.717, 1.165) is 10.8 Å². The first-order valence-corrected chi connectivity index (χ1v) is 10.1. The summed E-state index contributed by atoms with van der Waals surface area (Å²) in [6, 6.07) is 4.02. The Balaban J connectivity index is 1.43. The molecule has 0 amide bonds. The Morgan fingerprint density at radius 1 is 1.23 bits per heavy atom. The van der Waals surface area contributed by atoms with Gasteiger partial charge in [-0.1, -0.05) is 6.58 Å². The number of fused-ring (bicyclic) bond motifs is 3. The lowest BCUT2D eigenvalue weighted by molar-refractivity contribution is -0.0153. The third-order valence-corrected chi connectivity index (χ3v) is 6.43. The van der Waals surface area contributed by atoms with Gasteiger partial charge in [-0.05, 0) is 35.6 Å². The molecule has 2 bridgehead atoms. The van der Waals surface area contributed by atoms with Gasteiger partial charge in [-0.25, -0.2) is 8.78 Å². The lowest BCUT2D eigenvalue weighted by Crippen LogP contribution is -2.51. The summed E-state index contributed by atoms with van der Waals surface area (Å²) in [5.74, 6) is -2.95. The van der Waals surface area contributed by atoms with Gasteiger partial charge in [0.15, 0.2) is 0 Å². The highest BCUT2D eigenvalue weighted by atomic mass is 19.3. The number of methoxy groups -OCH3 is 1. The quantitative estimate of drug-likeness (QED) is 0.663. The maximum Gasteiger partial charge on any atom is 0.264 e. The average molecular weight is 424 g/mol. The highest BCUT2D eigenvalue weighted by molar-refractivity contribution is 5.89. The molecule has 8 heteroatoms. The van der Waals surface area contributed by atoms with Crippen molar-refractivity contribution >= 4 is 16.3 Å². The molecule has 2 aliphatic rings. The second-order valence-electron chi connectivity index (χ2n) is 8.24. The van der Waals surface area contributed by atoms with E-state index in [9.17, 15) is 13.9 Å². The highest BCUT2D eigenvalue weighted by Crippen LogP contribution is 2.45. The minimum Gasteiger partial charge on any atom is -0.507 e. The second-order valence-corrected chi connectivity index (χ2v) is 8.24. The number of alkyl halides is 2. The molecule has 5 rings (SSSR count). The average Bonchev–Trinajstić information content (AvgIpc) is 3.01. The molecule has 2 fully saturated rings. The minimum absolute atomic E-state index is 0.0815. The number of ether oxygens (including phenoxy) is 1. The second kappa shape index (κ2) is 7.32. The molecule has 0 radical (unpaired) electrons. The van der Waals surface area contributed by atoms with Crippen LogP contribution >= 0.6 is 0 Å². The number of nitrogens with zero attached hydrogens (tertiary/aromatic N) is 3. The summed E-state index contributed by atoms with van der Waals surface area (Å²) in [4.78, 5) is 13.0. The zero-order valence-electron chi connectivity index (χ0n) is 16.9. The standard InChI is InChI=1S/C23H22F2N4O2/c1-12(15-7-21-23(24,25)8-17(29-21)22(15)31-2)18-10-28-19(11-27-18)16-5-13-3-4-26-9-14(13)6-20(16)30/h3-6,9-11,15,17,21-22,29-30H,1,7-8H2,2H3/t15-,17-,21-,22-/m1/s1. The van der Waals surface area contributed by atoms with E-state index in [1.54, 1.807) is 30.9 Å². The smallest absolute Gasteiger partial charge is 0.264 e. The number of pyridine rings is 1. The normalized spacial score (nSPS) is 26.8. The van der Waals surface area contributed by atoms with Gasteiger partial charge >= 0.3 is 0 Å². The fourth-order valence-corrected chi connectivity index (χ4v) is 4.82. The Morgan fingerprint density at radius 3 is 2.81 bits per heavy atom. The van der Waals surface area contributed by atoms with Crippen molar-refractivity contribution in [3.63, 3.8) is 0 Å². The monoisotopic (exact) mass is 424 g/mol. The van der Waals surface area contributed by atoms with Crippen molar-refractivity contribution in [1.29, 1.82) is 0 Å². The van der Waals surface area contributed by atoms with Crippen LogP contribution in [0.5, 0.6) is 5.75 Å². The van der Waals surface area contributed by atoms with Crippen LogP contribution in [-0.4, -0.2) is 51.3 Å². The number of nitrogens with one attached hydrogen (secondary N) is 1. The number of halogens is 2. The molecule has 31 heavy (non-hydrogen) atoms.